The number of aromatic nitrogens is 3. The van der Waals surface area contributed by atoms with Crippen molar-refractivity contribution in [2.75, 3.05) is 6.54 Å². The molecule has 1 atom stereocenters. The molecule has 1 aliphatic rings. The van der Waals surface area contributed by atoms with Gasteiger partial charge in [-0.15, -0.1) is 11.3 Å². The molecule has 5 rings (SSSR count). The normalized spacial score (nSPS) is 16.5. The molecule has 0 aliphatic carbocycles. The Bertz CT molecular complexity index is 1130. The van der Waals surface area contributed by atoms with Crippen molar-refractivity contribution < 1.29 is 4.79 Å². The molecule has 5 nitrogen and oxygen atoms in total. The molecule has 4 aromatic rings. The van der Waals surface area contributed by atoms with Crippen molar-refractivity contribution in [3.63, 3.8) is 0 Å². The van der Waals surface area contributed by atoms with Gasteiger partial charge in [-0.25, -0.2) is 9.97 Å². The number of nitrogens with zero attached hydrogens (tertiary/aromatic N) is 3. The van der Waals surface area contributed by atoms with Crippen LogP contribution in [-0.4, -0.2) is 32.3 Å². The first-order valence-corrected chi connectivity index (χ1v) is 9.74. The van der Waals surface area contributed by atoms with Gasteiger partial charge in [-0.1, -0.05) is 30.3 Å². The number of benzene rings is 2. The number of hydrogen-bond donors (Lipinski definition) is 1. The number of H-pyrrole nitrogens is 1. The summed E-state index contributed by atoms with van der Waals surface area (Å²) >= 11 is 1.62. The zero-order valence-electron chi connectivity index (χ0n) is 14.8. The van der Waals surface area contributed by atoms with Crippen LogP contribution < -0.4 is 0 Å². The van der Waals surface area contributed by atoms with E-state index in [1.54, 1.807) is 17.7 Å². The molecule has 3 heterocycles. The third-order valence-corrected chi connectivity index (χ3v) is 6.00. The number of aromatic amines is 1. The molecule has 0 radical (unpaired) electrons. The van der Waals surface area contributed by atoms with Crippen LogP contribution in [0.2, 0.25) is 0 Å². The lowest BCUT2D eigenvalue weighted by molar-refractivity contribution is 0.0722. The quantitative estimate of drug-likeness (QED) is 0.574. The van der Waals surface area contributed by atoms with Crippen molar-refractivity contribution in [1.82, 2.24) is 19.9 Å². The summed E-state index contributed by atoms with van der Waals surface area (Å²) in [6.45, 7) is 3.17. The molecule has 0 saturated carbocycles. The van der Waals surface area contributed by atoms with Crippen LogP contribution in [0.4, 0.5) is 0 Å². The molecule has 1 aliphatic heterocycles. The topological polar surface area (TPSA) is 61.9 Å². The van der Waals surface area contributed by atoms with Crippen LogP contribution in [0, 0.1) is 6.92 Å². The Labute approximate surface area is 160 Å². The molecule has 1 N–H and O–H groups in total. The minimum atomic E-state index is 0.0455. The highest BCUT2D eigenvalue weighted by atomic mass is 32.1. The molecule has 134 valence electrons. The highest BCUT2D eigenvalue weighted by Crippen LogP contribution is 2.32. The van der Waals surface area contributed by atoms with E-state index < -0.39 is 0 Å². The predicted molar refractivity (Wildman–Crippen MR) is 106 cm³/mol. The van der Waals surface area contributed by atoms with Crippen molar-refractivity contribution in [2.24, 2.45) is 0 Å². The molecule has 6 heteroatoms. The van der Waals surface area contributed by atoms with Gasteiger partial charge in [-0.3, -0.25) is 4.79 Å². The Morgan fingerprint density at radius 3 is 2.93 bits per heavy atom. The lowest BCUT2D eigenvalue weighted by atomic mass is 9.90. The van der Waals surface area contributed by atoms with Crippen LogP contribution in [0.25, 0.3) is 10.2 Å². The number of rotatable bonds is 2. The summed E-state index contributed by atoms with van der Waals surface area (Å²) in [4.78, 5) is 27.4. The number of carbonyl (C=O) groups excluding carboxylic acids is 1. The molecule has 0 fully saturated rings. The van der Waals surface area contributed by atoms with Crippen molar-refractivity contribution in [2.45, 2.75) is 19.4 Å². The SMILES string of the molecule is Cc1nc2ccc(C(=O)N3Cc4[nH]cnc4C(c4ccccc4)C3)cc2s1. The number of carbonyl (C=O) groups is 1. The second-order valence-electron chi connectivity index (χ2n) is 6.83. The number of aryl methyl sites for hydroxylation is 1. The predicted octanol–water partition coefficient (Wildman–Crippen LogP) is 4.12. The molecule has 2 aromatic carbocycles. The average molecular weight is 374 g/mol. The molecular formula is C21H18N4OS. The van der Waals surface area contributed by atoms with Crippen molar-refractivity contribution in [3.05, 3.63) is 82.4 Å². The highest BCUT2D eigenvalue weighted by Gasteiger charge is 2.31. The van der Waals surface area contributed by atoms with Crippen LogP contribution in [0.1, 0.15) is 38.2 Å². The first-order chi connectivity index (χ1) is 13.2. The van der Waals surface area contributed by atoms with Crippen molar-refractivity contribution in [3.8, 4) is 0 Å². The van der Waals surface area contributed by atoms with Gasteiger partial charge >= 0.3 is 0 Å². The standard InChI is InChI=1S/C21H18N4OS/c1-13-24-17-8-7-15(9-19(17)27-13)21(26)25-10-16(14-5-3-2-4-6-14)20-18(11-25)22-12-23-20/h2-9,12,16H,10-11H2,1H3,(H,22,23). The summed E-state index contributed by atoms with van der Waals surface area (Å²) in [7, 11) is 0. The van der Waals surface area contributed by atoms with Gasteiger partial charge in [0.25, 0.3) is 5.91 Å². The van der Waals surface area contributed by atoms with Crippen LogP contribution in [0.3, 0.4) is 0 Å². The van der Waals surface area contributed by atoms with E-state index in [0.29, 0.717) is 18.7 Å². The van der Waals surface area contributed by atoms with Gasteiger partial charge in [0.2, 0.25) is 0 Å². The maximum absolute atomic E-state index is 13.2. The zero-order valence-corrected chi connectivity index (χ0v) is 15.7. The number of hydrogen-bond acceptors (Lipinski definition) is 4. The molecule has 1 amide bonds. The Morgan fingerprint density at radius 1 is 1.22 bits per heavy atom. The van der Waals surface area contributed by atoms with E-state index in [4.69, 9.17) is 0 Å². The minimum Gasteiger partial charge on any atom is -0.347 e. The third-order valence-electron chi connectivity index (χ3n) is 5.07. The Kier molecular flexibility index (Phi) is 3.79. The zero-order chi connectivity index (χ0) is 18.4. The minimum absolute atomic E-state index is 0.0455. The molecular weight excluding hydrogens is 356 g/mol. The Balaban J connectivity index is 1.50. The Hall–Kier alpha value is -2.99. The molecule has 0 bridgehead atoms. The number of thiazole rings is 1. The van der Waals surface area contributed by atoms with E-state index in [-0.39, 0.29) is 11.8 Å². The maximum atomic E-state index is 13.2. The Morgan fingerprint density at radius 2 is 2.07 bits per heavy atom. The summed E-state index contributed by atoms with van der Waals surface area (Å²) in [5.41, 5.74) is 4.89. The fraction of sp³-hybridized carbons (Fsp3) is 0.190. The highest BCUT2D eigenvalue weighted by molar-refractivity contribution is 7.18. The number of fused-ring (bicyclic) bond motifs is 2. The third kappa shape index (κ3) is 2.82. The smallest absolute Gasteiger partial charge is 0.254 e. The van der Waals surface area contributed by atoms with E-state index >= 15 is 0 Å². The fourth-order valence-electron chi connectivity index (χ4n) is 3.78. The van der Waals surface area contributed by atoms with E-state index in [1.807, 2.05) is 48.2 Å². The maximum Gasteiger partial charge on any atom is 0.254 e. The number of amides is 1. The average Bonchev–Trinajstić information content (AvgIpc) is 3.31. The van der Waals surface area contributed by atoms with Gasteiger partial charge in [0.15, 0.2) is 0 Å². The number of nitrogens with one attached hydrogen (secondary N) is 1. The van der Waals surface area contributed by atoms with Crippen molar-refractivity contribution >= 4 is 27.5 Å². The summed E-state index contributed by atoms with van der Waals surface area (Å²) in [5, 5.41) is 1.01. The largest absolute Gasteiger partial charge is 0.347 e. The number of imidazole rings is 1. The van der Waals surface area contributed by atoms with E-state index in [2.05, 4.69) is 27.1 Å². The van der Waals surface area contributed by atoms with Crippen LogP contribution in [0.15, 0.2) is 54.9 Å². The second kappa shape index (κ2) is 6.32. The van der Waals surface area contributed by atoms with Gasteiger partial charge in [0, 0.05) is 18.0 Å². The van der Waals surface area contributed by atoms with Gasteiger partial charge in [-0.2, -0.15) is 0 Å². The first-order valence-electron chi connectivity index (χ1n) is 8.92. The molecule has 2 aromatic heterocycles. The fourth-order valence-corrected chi connectivity index (χ4v) is 4.65. The second-order valence-corrected chi connectivity index (χ2v) is 8.07. The monoisotopic (exact) mass is 374 g/mol. The van der Waals surface area contributed by atoms with Crippen LogP contribution >= 0.6 is 11.3 Å². The molecule has 27 heavy (non-hydrogen) atoms. The van der Waals surface area contributed by atoms with Gasteiger partial charge in [0.05, 0.1) is 39.5 Å². The van der Waals surface area contributed by atoms with Gasteiger partial charge in [0.1, 0.15) is 0 Å². The summed E-state index contributed by atoms with van der Waals surface area (Å²) < 4.78 is 1.05. The first kappa shape index (κ1) is 16.2. The lowest BCUT2D eigenvalue weighted by Gasteiger charge is -2.32. The molecule has 0 spiro atoms. The van der Waals surface area contributed by atoms with Crippen molar-refractivity contribution in [1.29, 1.82) is 0 Å². The van der Waals surface area contributed by atoms with E-state index in [1.165, 1.54) is 5.56 Å². The lowest BCUT2D eigenvalue weighted by Crippen LogP contribution is -2.38. The van der Waals surface area contributed by atoms with Crippen LogP contribution in [-0.2, 0) is 6.54 Å². The summed E-state index contributed by atoms with van der Waals surface area (Å²) in [6.07, 6.45) is 1.72. The van der Waals surface area contributed by atoms with E-state index in [9.17, 15) is 4.79 Å². The van der Waals surface area contributed by atoms with Gasteiger partial charge < -0.3 is 9.88 Å². The summed E-state index contributed by atoms with van der Waals surface area (Å²) in [5.74, 6) is 0.128. The van der Waals surface area contributed by atoms with E-state index in [0.717, 1.165) is 26.6 Å². The van der Waals surface area contributed by atoms with Gasteiger partial charge in [-0.05, 0) is 30.7 Å². The molecule has 0 saturated heterocycles. The summed E-state index contributed by atoms with van der Waals surface area (Å²) in [6, 6.07) is 16.0. The molecule has 1 unspecified atom stereocenters. The van der Waals surface area contributed by atoms with Crippen LogP contribution in [0.5, 0.6) is 0 Å².